The Kier molecular flexibility index (Phi) is 4.65. The van der Waals surface area contributed by atoms with E-state index in [4.69, 9.17) is 4.74 Å². The third kappa shape index (κ3) is 4.22. The van der Waals surface area contributed by atoms with Gasteiger partial charge in [0.05, 0.1) is 6.61 Å². The molecule has 1 aromatic rings. The van der Waals surface area contributed by atoms with Gasteiger partial charge in [0.25, 0.3) is 0 Å². The Morgan fingerprint density at radius 2 is 1.63 bits per heavy atom. The van der Waals surface area contributed by atoms with E-state index in [1.54, 1.807) is 0 Å². The summed E-state index contributed by atoms with van der Waals surface area (Å²) in [4.78, 5) is 4.47. The highest BCUT2D eigenvalue weighted by Gasteiger charge is 2.29. The fraction of sp³-hybridized carbons (Fsp3) is 0.706. The number of nitrogens with zero attached hydrogens (tertiary/aromatic N) is 1. The molecule has 1 aromatic heterocycles. The second-order valence-electron chi connectivity index (χ2n) is 7.74. The molecule has 0 aliphatic rings. The number of pyridine rings is 1. The number of hydrogen-bond donors (Lipinski definition) is 0. The maximum Gasteiger partial charge on any atom is 0.217 e. The molecule has 1 heterocycles. The molecule has 0 saturated carbocycles. The molecule has 0 bridgehead atoms. The van der Waals surface area contributed by atoms with E-state index >= 15 is 0 Å². The van der Waals surface area contributed by atoms with Gasteiger partial charge in [0.2, 0.25) is 5.88 Å². The Labute approximate surface area is 118 Å². The SMILES string of the molecule is CC(C)COc1nccc(C(C)(C)C)c1C(C)(C)C. The predicted octanol–water partition coefficient (Wildman–Crippen LogP) is 4.71. The van der Waals surface area contributed by atoms with Crippen molar-refractivity contribution >= 4 is 0 Å². The molecule has 0 amide bonds. The molecule has 2 nitrogen and oxygen atoms in total. The average molecular weight is 263 g/mol. The Morgan fingerprint density at radius 1 is 1.05 bits per heavy atom. The summed E-state index contributed by atoms with van der Waals surface area (Å²) in [5, 5.41) is 0. The Balaban J connectivity index is 3.32. The fourth-order valence-corrected chi connectivity index (χ4v) is 2.15. The van der Waals surface area contributed by atoms with E-state index in [1.165, 1.54) is 11.1 Å². The summed E-state index contributed by atoms with van der Waals surface area (Å²) < 4.78 is 5.95. The zero-order valence-electron chi connectivity index (χ0n) is 13.8. The third-order valence-electron chi connectivity index (χ3n) is 3.03. The average Bonchev–Trinajstić information content (AvgIpc) is 2.23. The van der Waals surface area contributed by atoms with Gasteiger partial charge in [-0.25, -0.2) is 4.98 Å². The smallest absolute Gasteiger partial charge is 0.217 e. The first-order chi connectivity index (χ1) is 8.53. The van der Waals surface area contributed by atoms with E-state index in [0.29, 0.717) is 12.5 Å². The molecule has 0 N–H and O–H groups in total. The lowest BCUT2D eigenvalue weighted by Gasteiger charge is -2.31. The van der Waals surface area contributed by atoms with Gasteiger partial charge in [-0.15, -0.1) is 0 Å². The van der Waals surface area contributed by atoms with Gasteiger partial charge in [-0.1, -0.05) is 55.4 Å². The highest BCUT2D eigenvalue weighted by atomic mass is 16.5. The standard InChI is InChI=1S/C17H29NO/c1-12(2)11-19-15-14(17(6,7)8)13(9-10-18-15)16(3,4)5/h9-10,12H,11H2,1-8H3. The van der Waals surface area contributed by atoms with Crippen molar-refractivity contribution in [1.29, 1.82) is 0 Å². The molecular weight excluding hydrogens is 234 g/mol. The third-order valence-corrected chi connectivity index (χ3v) is 3.03. The van der Waals surface area contributed by atoms with Crippen LogP contribution in [-0.4, -0.2) is 11.6 Å². The molecule has 0 unspecified atom stereocenters. The number of aromatic nitrogens is 1. The summed E-state index contributed by atoms with van der Waals surface area (Å²) in [5.74, 6) is 1.31. The fourth-order valence-electron chi connectivity index (χ4n) is 2.15. The first kappa shape index (κ1) is 16.0. The number of rotatable bonds is 3. The molecule has 108 valence electrons. The van der Waals surface area contributed by atoms with Crippen LogP contribution in [0.3, 0.4) is 0 Å². The zero-order chi connectivity index (χ0) is 14.8. The van der Waals surface area contributed by atoms with E-state index in [0.717, 1.165) is 5.88 Å². The van der Waals surface area contributed by atoms with Crippen molar-refractivity contribution in [1.82, 2.24) is 4.98 Å². The van der Waals surface area contributed by atoms with Crippen molar-refractivity contribution in [2.75, 3.05) is 6.61 Å². The zero-order valence-corrected chi connectivity index (χ0v) is 13.8. The number of hydrogen-bond acceptors (Lipinski definition) is 2. The van der Waals surface area contributed by atoms with Gasteiger partial charge in [0.1, 0.15) is 0 Å². The van der Waals surface area contributed by atoms with E-state index < -0.39 is 0 Å². The normalized spacial score (nSPS) is 12.9. The summed E-state index contributed by atoms with van der Waals surface area (Å²) in [6, 6.07) is 2.13. The van der Waals surface area contributed by atoms with Crippen LogP contribution in [0.25, 0.3) is 0 Å². The van der Waals surface area contributed by atoms with Crippen LogP contribution in [0.2, 0.25) is 0 Å². The lowest BCUT2D eigenvalue weighted by Crippen LogP contribution is -2.24. The molecule has 0 atom stereocenters. The van der Waals surface area contributed by atoms with E-state index in [2.05, 4.69) is 66.4 Å². The van der Waals surface area contributed by atoms with Crippen LogP contribution in [0.15, 0.2) is 12.3 Å². The summed E-state index contributed by atoms with van der Waals surface area (Å²) in [7, 11) is 0. The molecule has 2 heteroatoms. The van der Waals surface area contributed by atoms with Crippen molar-refractivity contribution in [3.05, 3.63) is 23.4 Å². The van der Waals surface area contributed by atoms with Crippen molar-refractivity contribution in [2.45, 2.75) is 66.2 Å². The predicted molar refractivity (Wildman–Crippen MR) is 82.0 cm³/mol. The van der Waals surface area contributed by atoms with Crippen molar-refractivity contribution in [2.24, 2.45) is 5.92 Å². The van der Waals surface area contributed by atoms with Crippen molar-refractivity contribution in [3.8, 4) is 5.88 Å². The second-order valence-corrected chi connectivity index (χ2v) is 7.74. The number of ether oxygens (including phenoxy) is 1. The van der Waals surface area contributed by atoms with Gasteiger partial charge < -0.3 is 4.74 Å². The lowest BCUT2D eigenvalue weighted by molar-refractivity contribution is 0.253. The van der Waals surface area contributed by atoms with Gasteiger partial charge >= 0.3 is 0 Å². The Bertz CT molecular complexity index is 422. The Hall–Kier alpha value is -1.05. The monoisotopic (exact) mass is 263 g/mol. The molecule has 0 aromatic carbocycles. The van der Waals surface area contributed by atoms with E-state index in [1.807, 2.05) is 6.20 Å². The molecule has 0 spiro atoms. The lowest BCUT2D eigenvalue weighted by atomic mass is 9.76. The first-order valence-electron chi connectivity index (χ1n) is 7.16. The molecule has 1 rings (SSSR count). The van der Waals surface area contributed by atoms with Crippen LogP contribution in [0.5, 0.6) is 5.88 Å². The maximum absolute atomic E-state index is 5.95. The van der Waals surface area contributed by atoms with E-state index in [9.17, 15) is 0 Å². The highest BCUT2D eigenvalue weighted by molar-refractivity contribution is 5.43. The van der Waals surface area contributed by atoms with Crippen LogP contribution in [0.4, 0.5) is 0 Å². The van der Waals surface area contributed by atoms with Crippen molar-refractivity contribution < 1.29 is 4.74 Å². The van der Waals surface area contributed by atoms with Gasteiger partial charge in [0.15, 0.2) is 0 Å². The Morgan fingerprint density at radius 3 is 2.05 bits per heavy atom. The van der Waals surface area contributed by atoms with Crippen LogP contribution >= 0.6 is 0 Å². The largest absolute Gasteiger partial charge is 0.477 e. The second kappa shape index (κ2) is 5.52. The van der Waals surface area contributed by atoms with E-state index in [-0.39, 0.29) is 10.8 Å². The van der Waals surface area contributed by atoms with Gasteiger partial charge in [0, 0.05) is 11.8 Å². The maximum atomic E-state index is 5.95. The molecule has 0 fully saturated rings. The quantitative estimate of drug-likeness (QED) is 0.787. The molecular formula is C17H29NO. The summed E-state index contributed by atoms with van der Waals surface area (Å²) in [5.41, 5.74) is 2.70. The molecule has 0 saturated heterocycles. The van der Waals surface area contributed by atoms with Crippen LogP contribution in [0, 0.1) is 5.92 Å². The van der Waals surface area contributed by atoms with Gasteiger partial charge in [-0.2, -0.15) is 0 Å². The van der Waals surface area contributed by atoms with Gasteiger partial charge in [-0.05, 0) is 28.4 Å². The topological polar surface area (TPSA) is 22.1 Å². The molecule has 19 heavy (non-hydrogen) atoms. The molecule has 0 aliphatic carbocycles. The summed E-state index contributed by atoms with van der Waals surface area (Å²) in [6.07, 6.45) is 1.87. The highest BCUT2D eigenvalue weighted by Crippen LogP contribution is 2.38. The summed E-state index contributed by atoms with van der Waals surface area (Å²) >= 11 is 0. The minimum Gasteiger partial charge on any atom is -0.477 e. The summed E-state index contributed by atoms with van der Waals surface area (Å²) in [6.45, 7) is 18.4. The molecule has 0 aliphatic heterocycles. The minimum atomic E-state index is 0.0309. The minimum absolute atomic E-state index is 0.0309. The van der Waals surface area contributed by atoms with Crippen LogP contribution < -0.4 is 4.74 Å². The van der Waals surface area contributed by atoms with Crippen LogP contribution in [0.1, 0.15) is 66.5 Å². The van der Waals surface area contributed by atoms with Crippen LogP contribution in [-0.2, 0) is 10.8 Å². The molecule has 0 radical (unpaired) electrons. The van der Waals surface area contributed by atoms with Crippen molar-refractivity contribution in [3.63, 3.8) is 0 Å². The van der Waals surface area contributed by atoms with Gasteiger partial charge in [-0.3, -0.25) is 0 Å². The first-order valence-corrected chi connectivity index (χ1v) is 7.16.